The molecule has 1 fully saturated rings. The largest absolute Gasteiger partial charge is 0.369 e. The van der Waals surface area contributed by atoms with Crippen LogP contribution in [-0.2, 0) is 0 Å². The van der Waals surface area contributed by atoms with Gasteiger partial charge in [-0.3, -0.25) is 4.90 Å². The van der Waals surface area contributed by atoms with Crippen molar-refractivity contribution in [2.75, 3.05) is 43.0 Å². The van der Waals surface area contributed by atoms with Crippen molar-refractivity contribution in [2.24, 2.45) is 5.92 Å². The first-order valence-electron chi connectivity index (χ1n) is 8.21. The molecule has 1 aliphatic heterocycles. The molecule has 2 nitrogen and oxygen atoms in total. The van der Waals surface area contributed by atoms with Gasteiger partial charge in [-0.05, 0) is 56.3 Å². The number of benzene rings is 1. The molecule has 0 aromatic heterocycles. The van der Waals surface area contributed by atoms with Crippen molar-refractivity contribution >= 4 is 21.6 Å². The number of anilines is 1. The molecule has 0 N–H and O–H groups in total. The van der Waals surface area contributed by atoms with E-state index in [9.17, 15) is 0 Å². The van der Waals surface area contributed by atoms with Crippen LogP contribution in [0.3, 0.4) is 0 Å². The lowest BCUT2D eigenvalue weighted by Gasteiger charge is -2.37. The van der Waals surface area contributed by atoms with Crippen LogP contribution in [0, 0.1) is 19.8 Å². The van der Waals surface area contributed by atoms with Gasteiger partial charge >= 0.3 is 0 Å². The number of hydrogen-bond donors (Lipinski definition) is 0. The minimum Gasteiger partial charge on any atom is -0.369 e. The molecule has 1 atom stereocenters. The lowest BCUT2D eigenvalue weighted by molar-refractivity contribution is 0.240. The van der Waals surface area contributed by atoms with E-state index >= 15 is 0 Å². The van der Waals surface area contributed by atoms with Crippen molar-refractivity contribution in [3.63, 3.8) is 0 Å². The Balaban J connectivity index is 1.82. The number of alkyl halides is 1. The molecule has 118 valence electrons. The van der Waals surface area contributed by atoms with Gasteiger partial charge in [0.1, 0.15) is 0 Å². The summed E-state index contributed by atoms with van der Waals surface area (Å²) in [4.78, 5) is 5.19. The second-order valence-electron chi connectivity index (χ2n) is 6.42. The maximum absolute atomic E-state index is 3.54. The topological polar surface area (TPSA) is 6.48 Å². The first kappa shape index (κ1) is 16.8. The first-order chi connectivity index (χ1) is 10.1. The fourth-order valence-corrected chi connectivity index (χ4v) is 3.81. The van der Waals surface area contributed by atoms with Gasteiger partial charge in [0, 0.05) is 37.2 Å². The molecule has 1 aliphatic rings. The average Bonchev–Trinajstić information content (AvgIpc) is 2.49. The zero-order chi connectivity index (χ0) is 15.2. The fourth-order valence-electron chi connectivity index (χ4n) is 3.02. The molecule has 1 aromatic carbocycles. The molecule has 0 saturated carbocycles. The van der Waals surface area contributed by atoms with Gasteiger partial charge in [0.2, 0.25) is 0 Å². The summed E-state index contributed by atoms with van der Waals surface area (Å²) in [6.45, 7) is 12.8. The zero-order valence-corrected chi connectivity index (χ0v) is 15.3. The minimum atomic E-state index is 0.835. The normalized spacial score (nSPS) is 18.0. The molecule has 0 radical (unpaired) electrons. The molecular formula is C18H29BrN2. The molecule has 0 bridgehead atoms. The van der Waals surface area contributed by atoms with Crippen molar-refractivity contribution in [2.45, 2.75) is 33.6 Å². The summed E-state index contributed by atoms with van der Waals surface area (Å²) in [7, 11) is 0. The van der Waals surface area contributed by atoms with Crippen LogP contribution in [0.1, 0.15) is 30.9 Å². The summed E-state index contributed by atoms with van der Waals surface area (Å²) >= 11 is 3.54. The van der Waals surface area contributed by atoms with Crippen LogP contribution in [0.2, 0.25) is 0 Å². The third kappa shape index (κ3) is 4.72. The van der Waals surface area contributed by atoms with Crippen LogP contribution in [0.4, 0.5) is 5.69 Å². The van der Waals surface area contributed by atoms with E-state index in [1.54, 1.807) is 0 Å². The van der Waals surface area contributed by atoms with Crippen molar-refractivity contribution < 1.29 is 0 Å². The Morgan fingerprint density at radius 2 is 1.81 bits per heavy atom. The summed E-state index contributed by atoms with van der Waals surface area (Å²) < 4.78 is 0. The standard InChI is InChI=1S/C18H29BrN2/c1-15(7-9-19)8-10-20-11-13-21(14-12-20)18-6-4-5-16(2)17(18)3/h4-6,15H,7-14H2,1-3H3. The highest BCUT2D eigenvalue weighted by Gasteiger charge is 2.18. The Kier molecular flexibility index (Phi) is 6.56. The number of nitrogens with zero attached hydrogens (tertiary/aromatic N) is 2. The van der Waals surface area contributed by atoms with Gasteiger partial charge < -0.3 is 4.90 Å². The van der Waals surface area contributed by atoms with E-state index in [4.69, 9.17) is 0 Å². The van der Waals surface area contributed by atoms with Crippen LogP contribution in [-0.4, -0.2) is 43.0 Å². The van der Waals surface area contributed by atoms with Crippen LogP contribution < -0.4 is 4.90 Å². The van der Waals surface area contributed by atoms with E-state index in [-0.39, 0.29) is 0 Å². The zero-order valence-electron chi connectivity index (χ0n) is 13.7. The molecule has 21 heavy (non-hydrogen) atoms. The lowest BCUT2D eigenvalue weighted by atomic mass is 10.0. The quantitative estimate of drug-likeness (QED) is 0.706. The van der Waals surface area contributed by atoms with Crippen LogP contribution >= 0.6 is 15.9 Å². The summed E-state index contributed by atoms with van der Waals surface area (Å²) in [6.07, 6.45) is 2.62. The predicted molar refractivity (Wildman–Crippen MR) is 96.8 cm³/mol. The van der Waals surface area contributed by atoms with E-state index < -0.39 is 0 Å². The Morgan fingerprint density at radius 3 is 2.48 bits per heavy atom. The molecule has 1 unspecified atom stereocenters. The maximum Gasteiger partial charge on any atom is 0.0399 e. The van der Waals surface area contributed by atoms with Gasteiger partial charge in [-0.15, -0.1) is 0 Å². The summed E-state index contributed by atoms with van der Waals surface area (Å²) in [5.41, 5.74) is 4.28. The van der Waals surface area contributed by atoms with Crippen molar-refractivity contribution in [3.8, 4) is 0 Å². The monoisotopic (exact) mass is 352 g/mol. The maximum atomic E-state index is 3.54. The lowest BCUT2D eigenvalue weighted by Crippen LogP contribution is -2.47. The van der Waals surface area contributed by atoms with Gasteiger partial charge in [0.15, 0.2) is 0 Å². The molecule has 3 heteroatoms. The van der Waals surface area contributed by atoms with Crippen molar-refractivity contribution in [1.82, 2.24) is 4.90 Å². The Bertz CT molecular complexity index is 439. The fraction of sp³-hybridized carbons (Fsp3) is 0.667. The van der Waals surface area contributed by atoms with Gasteiger partial charge in [-0.25, -0.2) is 0 Å². The van der Waals surface area contributed by atoms with Crippen molar-refractivity contribution in [3.05, 3.63) is 29.3 Å². The van der Waals surface area contributed by atoms with E-state index in [0.717, 1.165) is 24.3 Å². The Hall–Kier alpha value is -0.540. The van der Waals surface area contributed by atoms with Crippen LogP contribution in [0.15, 0.2) is 18.2 Å². The molecule has 0 spiro atoms. The Morgan fingerprint density at radius 1 is 1.10 bits per heavy atom. The Labute approximate surface area is 138 Å². The minimum absolute atomic E-state index is 0.835. The van der Waals surface area contributed by atoms with E-state index in [1.807, 2.05) is 0 Å². The molecule has 1 heterocycles. The summed E-state index contributed by atoms with van der Waals surface area (Å²) in [5, 5.41) is 1.13. The number of halogens is 1. The number of aryl methyl sites for hydroxylation is 1. The van der Waals surface area contributed by atoms with Crippen molar-refractivity contribution in [1.29, 1.82) is 0 Å². The van der Waals surface area contributed by atoms with E-state index in [0.29, 0.717) is 0 Å². The number of rotatable bonds is 6. The second kappa shape index (κ2) is 8.19. The van der Waals surface area contributed by atoms with Gasteiger partial charge in [-0.1, -0.05) is 35.0 Å². The summed E-state index contributed by atoms with van der Waals surface area (Å²) in [6, 6.07) is 6.67. The highest BCUT2D eigenvalue weighted by atomic mass is 79.9. The predicted octanol–water partition coefficient (Wildman–Crippen LogP) is 4.24. The third-order valence-electron chi connectivity index (χ3n) is 4.83. The van der Waals surface area contributed by atoms with E-state index in [1.165, 1.54) is 49.3 Å². The molecule has 1 aromatic rings. The molecular weight excluding hydrogens is 324 g/mol. The number of piperazine rings is 1. The summed E-state index contributed by atoms with van der Waals surface area (Å²) in [5.74, 6) is 0.835. The molecule has 0 aliphatic carbocycles. The number of hydrogen-bond acceptors (Lipinski definition) is 2. The first-order valence-corrected chi connectivity index (χ1v) is 9.33. The molecule has 1 saturated heterocycles. The smallest absolute Gasteiger partial charge is 0.0399 e. The second-order valence-corrected chi connectivity index (χ2v) is 7.21. The van der Waals surface area contributed by atoms with Gasteiger partial charge in [0.25, 0.3) is 0 Å². The highest BCUT2D eigenvalue weighted by Crippen LogP contribution is 2.24. The third-order valence-corrected chi connectivity index (χ3v) is 5.29. The van der Waals surface area contributed by atoms with Crippen LogP contribution in [0.5, 0.6) is 0 Å². The van der Waals surface area contributed by atoms with Gasteiger partial charge in [0.05, 0.1) is 0 Å². The molecule has 0 amide bonds. The highest BCUT2D eigenvalue weighted by molar-refractivity contribution is 9.09. The van der Waals surface area contributed by atoms with E-state index in [2.05, 4.69) is 64.7 Å². The van der Waals surface area contributed by atoms with Crippen LogP contribution in [0.25, 0.3) is 0 Å². The average molecular weight is 353 g/mol. The molecule has 2 rings (SSSR count). The SMILES string of the molecule is Cc1cccc(N2CCN(CCC(C)CCBr)CC2)c1C. The van der Waals surface area contributed by atoms with Gasteiger partial charge in [-0.2, -0.15) is 0 Å².